The molecule has 1 aliphatic heterocycles. The molecule has 0 aromatic rings. The van der Waals surface area contributed by atoms with Gasteiger partial charge in [-0.2, -0.15) is 0 Å². The van der Waals surface area contributed by atoms with Crippen molar-refractivity contribution in [2.45, 2.75) is 45.1 Å². The highest BCUT2D eigenvalue weighted by molar-refractivity contribution is 4.87. The Morgan fingerprint density at radius 3 is 2.74 bits per heavy atom. The van der Waals surface area contributed by atoms with Crippen molar-refractivity contribution in [1.82, 2.24) is 10.2 Å². The lowest BCUT2D eigenvalue weighted by atomic mass is 9.76. The summed E-state index contributed by atoms with van der Waals surface area (Å²) in [6.07, 6.45) is 6.90. The fourth-order valence-corrected chi connectivity index (χ4v) is 4.10. The van der Waals surface area contributed by atoms with Crippen LogP contribution in [-0.4, -0.2) is 51.3 Å². The van der Waals surface area contributed by atoms with Crippen molar-refractivity contribution in [3.05, 3.63) is 0 Å². The van der Waals surface area contributed by atoms with E-state index in [9.17, 15) is 0 Å². The Hall–Kier alpha value is -0.120. The maximum absolute atomic E-state index is 5.30. The Labute approximate surface area is 119 Å². The molecule has 3 nitrogen and oxygen atoms in total. The molecule has 2 rings (SSSR count). The van der Waals surface area contributed by atoms with Crippen LogP contribution in [0.5, 0.6) is 0 Å². The van der Waals surface area contributed by atoms with Gasteiger partial charge in [-0.1, -0.05) is 13.3 Å². The maximum atomic E-state index is 5.30. The third-order valence-corrected chi connectivity index (χ3v) is 5.30. The lowest BCUT2D eigenvalue weighted by Crippen LogP contribution is -2.44. The molecule has 1 aliphatic carbocycles. The number of rotatable bonds is 6. The normalized spacial score (nSPS) is 36.8. The minimum absolute atomic E-state index is 0.740. The van der Waals surface area contributed by atoms with Gasteiger partial charge in [0.1, 0.15) is 0 Å². The molecule has 2 aliphatic rings. The van der Waals surface area contributed by atoms with E-state index in [-0.39, 0.29) is 0 Å². The molecule has 19 heavy (non-hydrogen) atoms. The molecule has 0 spiro atoms. The minimum atomic E-state index is 0.740. The highest BCUT2D eigenvalue weighted by atomic mass is 16.5. The zero-order chi connectivity index (χ0) is 13.7. The van der Waals surface area contributed by atoms with Gasteiger partial charge in [-0.05, 0) is 57.0 Å². The van der Waals surface area contributed by atoms with Crippen molar-refractivity contribution in [1.29, 1.82) is 0 Å². The van der Waals surface area contributed by atoms with Crippen molar-refractivity contribution in [2.75, 3.05) is 40.4 Å². The fraction of sp³-hybridized carbons (Fsp3) is 1.00. The van der Waals surface area contributed by atoms with Crippen LogP contribution in [0.4, 0.5) is 0 Å². The van der Waals surface area contributed by atoms with Gasteiger partial charge >= 0.3 is 0 Å². The first-order valence-corrected chi connectivity index (χ1v) is 8.15. The van der Waals surface area contributed by atoms with Gasteiger partial charge in [-0.3, -0.25) is 0 Å². The Morgan fingerprint density at radius 1 is 1.21 bits per heavy atom. The second kappa shape index (κ2) is 7.61. The number of likely N-dealkylation sites (tertiary alicyclic amines) is 1. The first-order valence-electron chi connectivity index (χ1n) is 8.15. The molecule has 112 valence electrons. The van der Waals surface area contributed by atoms with Crippen molar-refractivity contribution in [3.63, 3.8) is 0 Å². The molecule has 0 bridgehead atoms. The van der Waals surface area contributed by atoms with Crippen LogP contribution in [0.25, 0.3) is 0 Å². The molecule has 0 radical (unpaired) electrons. The summed E-state index contributed by atoms with van der Waals surface area (Å²) in [5.74, 6) is 2.58. The van der Waals surface area contributed by atoms with Crippen LogP contribution in [0.3, 0.4) is 0 Å². The van der Waals surface area contributed by atoms with E-state index < -0.39 is 0 Å². The summed E-state index contributed by atoms with van der Waals surface area (Å²) < 4.78 is 5.30. The van der Waals surface area contributed by atoms with Crippen LogP contribution in [0, 0.1) is 17.8 Å². The van der Waals surface area contributed by atoms with E-state index in [1.807, 2.05) is 7.11 Å². The molecule has 0 aromatic heterocycles. The predicted molar refractivity (Wildman–Crippen MR) is 80.4 cm³/mol. The second-order valence-electron chi connectivity index (χ2n) is 6.61. The van der Waals surface area contributed by atoms with E-state index in [0.717, 1.165) is 30.4 Å². The number of ether oxygens (including phenoxy) is 1. The molecule has 1 heterocycles. The monoisotopic (exact) mass is 268 g/mol. The molecule has 1 saturated heterocycles. The topological polar surface area (TPSA) is 24.5 Å². The Balaban J connectivity index is 1.82. The molecule has 0 amide bonds. The summed E-state index contributed by atoms with van der Waals surface area (Å²) in [4.78, 5) is 2.68. The van der Waals surface area contributed by atoms with Gasteiger partial charge in [0.25, 0.3) is 0 Å². The van der Waals surface area contributed by atoms with Gasteiger partial charge in [-0.25, -0.2) is 0 Å². The number of hydrogen-bond donors (Lipinski definition) is 1. The van der Waals surface area contributed by atoms with E-state index in [0.29, 0.717) is 0 Å². The molecular formula is C16H32N2O. The van der Waals surface area contributed by atoms with Crippen molar-refractivity contribution >= 4 is 0 Å². The number of nitrogens with zero attached hydrogens (tertiary/aromatic N) is 1. The lowest BCUT2D eigenvalue weighted by molar-refractivity contribution is 0.135. The standard InChI is InChI=1S/C16H32N2O/c1-4-13-5-6-16(17-2)15(9-13)11-18-8-7-14(10-18)12-19-3/h13-17H,4-12H2,1-3H3. The van der Waals surface area contributed by atoms with E-state index >= 15 is 0 Å². The second-order valence-corrected chi connectivity index (χ2v) is 6.61. The first-order chi connectivity index (χ1) is 9.26. The van der Waals surface area contributed by atoms with Crippen LogP contribution in [-0.2, 0) is 4.74 Å². The zero-order valence-electron chi connectivity index (χ0n) is 13.0. The van der Waals surface area contributed by atoms with Gasteiger partial charge in [0.2, 0.25) is 0 Å². The van der Waals surface area contributed by atoms with Crippen LogP contribution in [0.2, 0.25) is 0 Å². The van der Waals surface area contributed by atoms with Crippen molar-refractivity contribution in [2.24, 2.45) is 17.8 Å². The molecular weight excluding hydrogens is 236 g/mol. The minimum Gasteiger partial charge on any atom is -0.384 e. The molecule has 4 atom stereocenters. The van der Waals surface area contributed by atoms with Gasteiger partial charge in [0.15, 0.2) is 0 Å². The van der Waals surface area contributed by atoms with Crippen molar-refractivity contribution in [3.8, 4) is 0 Å². The van der Waals surface area contributed by atoms with Gasteiger partial charge in [0, 0.05) is 26.2 Å². The van der Waals surface area contributed by atoms with Crippen LogP contribution in [0.15, 0.2) is 0 Å². The quantitative estimate of drug-likeness (QED) is 0.800. The molecule has 0 aromatic carbocycles. The number of nitrogens with one attached hydrogen (secondary N) is 1. The summed E-state index contributed by atoms with van der Waals surface area (Å²) in [6.45, 7) is 7.11. The zero-order valence-corrected chi connectivity index (χ0v) is 13.0. The largest absolute Gasteiger partial charge is 0.384 e. The van der Waals surface area contributed by atoms with Gasteiger partial charge in [0.05, 0.1) is 6.61 Å². The predicted octanol–water partition coefficient (Wildman–Crippen LogP) is 2.37. The third-order valence-electron chi connectivity index (χ3n) is 5.30. The molecule has 3 heteroatoms. The third kappa shape index (κ3) is 4.17. The van der Waals surface area contributed by atoms with Gasteiger partial charge < -0.3 is 15.0 Å². The molecule has 4 unspecified atom stereocenters. The summed E-state index contributed by atoms with van der Waals surface area (Å²) in [5.41, 5.74) is 0. The fourth-order valence-electron chi connectivity index (χ4n) is 4.10. The Bertz CT molecular complexity index is 259. The Morgan fingerprint density at radius 2 is 2.05 bits per heavy atom. The van der Waals surface area contributed by atoms with Gasteiger partial charge in [-0.15, -0.1) is 0 Å². The molecule has 2 fully saturated rings. The molecule has 1 saturated carbocycles. The lowest BCUT2D eigenvalue weighted by Gasteiger charge is -2.38. The highest BCUT2D eigenvalue weighted by Crippen LogP contribution is 2.32. The van der Waals surface area contributed by atoms with E-state index in [2.05, 4.69) is 24.2 Å². The molecule has 1 N–H and O–H groups in total. The average molecular weight is 268 g/mol. The summed E-state index contributed by atoms with van der Waals surface area (Å²) in [6, 6.07) is 0.740. The first kappa shape index (κ1) is 15.3. The van der Waals surface area contributed by atoms with Crippen LogP contribution >= 0.6 is 0 Å². The summed E-state index contributed by atoms with van der Waals surface area (Å²) >= 11 is 0. The highest BCUT2D eigenvalue weighted by Gasteiger charge is 2.32. The van der Waals surface area contributed by atoms with E-state index in [1.54, 1.807) is 0 Å². The maximum Gasteiger partial charge on any atom is 0.0503 e. The summed E-state index contributed by atoms with van der Waals surface area (Å²) in [7, 11) is 3.97. The van der Waals surface area contributed by atoms with Crippen molar-refractivity contribution < 1.29 is 4.74 Å². The number of hydrogen-bond acceptors (Lipinski definition) is 3. The smallest absolute Gasteiger partial charge is 0.0503 e. The average Bonchev–Trinajstić information content (AvgIpc) is 2.86. The van der Waals surface area contributed by atoms with Crippen LogP contribution < -0.4 is 5.32 Å². The number of methoxy groups -OCH3 is 1. The van der Waals surface area contributed by atoms with E-state index in [4.69, 9.17) is 4.74 Å². The Kier molecular flexibility index (Phi) is 6.11. The SMILES string of the molecule is CCC1CCC(NC)C(CN2CCC(COC)C2)C1. The van der Waals surface area contributed by atoms with Crippen LogP contribution in [0.1, 0.15) is 39.0 Å². The summed E-state index contributed by atoms with van der Waals surface area (Å²) in [5, 5.41) is 3.56. The van der Waals surface area contributed by atoms with E-state index in [1.165, 1.54) is 51.7 Å².